The molecule has 0 saturated heterocycles. The second-order valence-corrected chi connectivity index (χ2v) is 10.4. The molecule has 1 aromatic carbocycles. The lowest BCUT2D eigenvalue weighted by Crippen LogP contribution is -2.53. The van der Waals surface area contributed by atoms with E-state index in [0.29, 0.717) is 22.3 Å². The first-order valence-electron chi connectivity index (χ1n) is 11.2. The molecule has 2 aromatic heterocycles. The first-order valence-corrected chi connectivity index (χ1v) is 12.4. The Balaban J connectivity index is 1.27. The van der Waals surface area contributed by atoms with Crippen molar-refractivity contribution in [1.82, 2.24) is 30.6 Å². The number of H-pyrrole nitrogens is 1. The maximum Gasteiger partial charge on any atom is 0.280 e. The van der Waals surface area contributed by atoms with Gasteiger partial charge in [-0.2, -0.15) is 0 Å². The second-order valence-electron chi connectivity index (χ2n) is 8.88. The maximum absolute atomic E-state index is 13.0. The van der Waals surface area contributed by atoms with Crippen molar-refractivity contribution >= 4 is 45.7 Å². The van der Waals surface area contributed by atoms with Crippen molar-refractivity contribution in [2.45, 2.75) is 50.9 Å². The van der Waals surface area contributed by atoms with Crippen LogP contribution in [0.1, 0.15) is 56.5 Å². The minimum absolute atomic E-state index is 0.125. The number of hydrazine groups is 1. The lowest BCUT2D eigenvalue weighted by Gasteiger charge is -2.32. The summed E-state index contributed by atoms with van der Waals surface area (Å²) in [6, 6.07) is 7.04. The van der Waals surface area contributed by atoms with E-state index in [1.54, 1.807) is 12.1 Å². The number of halogens is 1. The lowest BCUT2D eigenvalue weighted by atomic mass is 9.90. The Morgan fingerprint density at radius 3 is 2.52 bits per heavy atom. The molecule has 2 atom stereocenters. The van der Waals surface area contributed by atoms with Crippen molar-refractivity contribution in [3.05, 3.63) is 50.6 Å². The van der Waals surface area contributed by atoms with Crippen LogP contribution in [0, 0.1) is 0 Å². The standard InChI is InChI=1S/C23H27ClN6O2S/c1-29-11-19-20(12-30(29)2)33-23(28-19)22(32)27-17-6-4-3-5-16(17)26-21(31)18-10-13-9-14(24)7-8-15(13)25-18/h7-10,16-17,25H,3-6,11-12H2,1-2H3,(H,26,31)(H,27,32)/t16-,17+/m0/s1. The highest BCUT2D eigenvalue weighted by Gasteiger charge is 2.31. The van der Waals surface area contributed by atoms with E-state index in [0.717, 1.165) is 53.7 Å². The third-order valence-electron chi connectivity index (χ3n) is 6.53. The van der Waals surface area contributed by atoms with Gasteiger partial charge in [0, 0.05) is 53.5 Å². The van der Waals surface area contributed by atoms with Crippen LogP contribution in [-0.2, 0) is 13.1 Å². The van der Waals surface area contributed by atoms with E-state index in [1.807, 2.05) is 26.2 Å². The SMILES string of the molecule is CN1Cc2nc(C(=O)N[C@@H]3CCCC[C@@H]3NC(=O)c3cc4cc(Cl)ccc4[nH]3)sc2CN1C. The fourth-order valence-corrected chi connectivity index (χ4v) is 5.77. The van der Waals surface area contributed by atoms with Gasteiger partial charge in [0.15, 0.2) is 5.01 Å². The summed E-state index contributed by atoms with van der Waals surface area (Å²) in [7, 11) is 4.04. The number of nitrogens with zero attached hydrogens (tertiary/aromatic N) is 3. The quantitative estimate of drug-likeness (QED) is 0.524. The van der Waals surface area contributed by atoms with Gasteiger partial charge in [0.05, 0.1) is 12.2 Å². The topological polar surface area (TPSA) is 93.4 Å². The number of thiazole rings is 1. The van der Waals surface area contributed by atoms with Gasteiger partial charge < -0.3 is 15.6 Å². The highest BCUT2D eigenvalue weighted by atomic mass is 35.5. The van der Waals surface area contributed by atoms with Gasteiger partial charge in [0.2, 0.25) is 0 Å². The predicted octanol–water partition coefficient (Wildman–Crippen LogP) is 3.54. The summed E-state index contributed by atoms with van der Waals surface area (Å²) >= 11 is 7.52. The first kappa shape index (κ1) is 22.3. The number of amides is 2. The summed E-state index contributed by atoms with van der Waals surface area (Å²) in [6.07, 6.45) is 3.69. The minimum atomic E-state index is -0.177. The molecule has 0 bridgehead atoms. The van der Waals surface area contributed by atoms with E-state index in [-0.39, 0.29) is 23.9 Å². The van der Waals surface area contributed by atoms with Crippen molar-refractivity contribution in [2.24, 2.45) is 0 Å². The number of hydrogen-bond donors (Lipinski definition) is 3. The van der Waals surface area contributed by atoms with Gasteiger partial charge in [-0.15, -0.1) is 11.3 Å². The van der Waals surface area contributed by atoms with Gasteiger partial charge in [0.1, 0.15) is 5.69 Å². The third-order valence-corrected chi connectivity index (χ3v) is 7.85. The number of aromatic amines is 1. The zero-order valence-corrected chi connectivity index (χ0v) is 20.2. The highest BCUT2D eigenvalue weighted by molar-refractivity contribution is 7.13. The fraction of sp³-hybridized carbons (Fsp3) is 0.435. The van der Waals surface area contributed by atoms with Crippen LogP contribution in [0.4, 0.5) is 0 Å². The van der Waals surface area contributed by atoms with Crippen LogP contribution < -0.4 is 10.6 Å². The largest absolute Gasteiger partial charge is 0.351 e. The number of aromatic nitrogens is 2. The van der Waals surface area contributed by atoms with E-state index >= 15 is 0 Å². The van der Waals surface area contributed by atoms with E-state index < -0.39 is 0 Å². The van der Waals surface area contributed by atoms with Crippen LogP contribution in [0.25, 0.3) is 10.9 Å². The molecule has 3 heterocycles. The molecule has 1 aliphatic heterocycles. The van der Waals surface area contributed by atoms with Gasteiger partial charge in [-0.05, 0) is 37.1 Å². The monoisotopic (exact) mass is 486 g/mol. The van der Waals surface area contributed by atoms with Crippen LogP contribution in [0.2, 0.25) is 5.02 Å². The molecule has 33 heavy (non-hydrogen) atoms. The summed E-state index contributed by atoms with van der Waals surface area (Å²) in [6.45, 7) is 1.46. The predicted molar refractivity (Wildman–Crippen MR) is 129 cm³/mol. The summed E-state index contributed by atoms with van der Waals surface area (Å²) in [4.78, 5) is 34.9. The fourth-order valence-electron chi connectivity index (χ4n) is 4.57. The highest BCUT2D eigenvalue weighted by Crippen LogP contribution is 2.27. The van der Waals surface area contributed by atoms with Crippen molar-refractivity contribution in [2.75, 3.05) is 14.1 Å². The molecular formula is C23H27ClN6O2S. The van der Waals surface area contributed by atoms with E-state index in [1.165, 1.54) is 11.3 Å². The lowest BCUT2D eigenvalue weighted by molar-refractivity contribution is -0.00171. The van der Waals surface area contributed by atoms with E-state index in [9.17, 15) is 9.59 Å². The number of carbonyl (C=O) groups is 2. The van der Waals surface area contributed by atoms with Crippen molar-refractivity contribution in [3.63, 3.8) is 0 Å². The first-order chi connectivity index (χ1) is 15.9. The number of nitrogens with one attached hydrogen (secondary N) is 3. The van der Waals surface area contributed by atoms with Gasteiger partial charge in [0.25, 0.3) is 11.8 Å². The second kappa shape index (κ2) is 9.06. The molecule has 1 saturated carbocycles. The zero-order valence-electron chi connectivity index (χ0n) is 18.7. The molecule has 5 rings (SSSR count). The number of benzene rings is 1. The summed E-state index contributed by atoms with van der Waals surface area (Å²) in [5.74, 6) is -0.338. The molecule has 2 aliphatic rings. The maximum atomic E-state index is 13.0. The Morgan fingerprint density at radius 2 is 1.76 bits per heavy atom. The molecule has 10 heteroatoms. The molecule has 1 fully saturated rings. The summed E-state index contributed by atoms with van der Waals surface area (Å²) in [5, 5.41) is 12.5. The Bertz CT molecular complexity index is 1180. The molecule has 3 N–H and O–H groups in total. The van der Waals surface area contributed by atoms with Crippen LogP contribution in [0.5, 0.6) is 0 Å². The van der Waals surface area contributed by atoms with Crippen molar-refractivity contribution < 1.29 is 9.59 Å². The zero-order chi connectivity index (χ0) is 23.1. The van der Waals surface area contributed by atoms with Gasteiger partial charge in [-0.1, -0.05) is 24.4 Å². The molecule has 8 nitrogen and oxygen atoms in total. The molecule has 0 spiro atoms. The number of hydrogen-bond acceptors (Lipinski definition) is 6. The van der Waals surface area contributed by atoms with Crippen LogP contribution in [-0.4, -0.2) is 58.0 Å². The van der Waals surface area contributed by atoms with Crippen LogP contribution in [0.3, 0.4) is 0 Å². The van der Waals surface area contributed by atoms with Gasteiger partial charge in [-0.25, -0.2) is 15.0 Å². The molecule has 174 valence electrons. The normalized spacial score (nSPS) is 21.7. The van der Waals surface area contributed by atoms with E-state index in [2.05, 4.69) is 30.6 Å². The summed E-state index contributed by atoms with van der Waals surface area (Å²) in [5.41, 5.74) is 2.32. The molecule has 0 radical (unpaired) electrons. The molecule has 0 unspecified atom stereocenters. The Hall–Kier alpha value is -2.46. The Morgan fingerprint density at radius 1 is 1.06 bits per heavy atom. The smallest absolute Gasteiger partial charge is 0.280 e. The van der Waals surface area contributed by atoms with Crippen molar-refractivity contribution in [1.29, 1.82) is 0 Å². The summed E-state index contributed by atoms with van der Waals surface area (Å²) < 4.78 is 0. The number of carbonyl (C=O) groups excluding carboxylic acids is 2. The minimum Gasteiger partial charge on any atom is -0.351 e. The molecule has 1 aliphatic carbocycles. The van der Waals surface area contributed by atoms with Crippen LogP contribution >= 0.6 is 22.9 Å². The van der Waals surface area contributed by atoms with Gasteiger partial charge >= 0.3 is 0 Å². The molecule has 2 amide bonds. The molecule has 3 aromatic rings. The number of fused-ring (bicyclic) bond motifs is 2. The van der Waals surface area contributed by atoms with Gasteiger partial charge in [-0.3, -0.25) is 9.59 Å². The Kier molecular flexibility index (Phi) is 6.13. The van der Waals surface area contributed by atoms with E-state index in [4.69, 9.17) is 11.6 Å². The van der Waals surface area contributed by atoms with Crippen LogP contribution in [0.15, 0.2) is 24.3 Å². The number of rotatable bonds is 4. The Labute approximate surface area is 201 Å². The third kappa shape index (κ3) is 4.63. The average molecular weight is 487 g/mol. The van der Waals surface area contributed by atoms with Crippen molar-refractivity contribution in [3.8, 4) is 0 Å². The average Bonchev–Trinajstić information content (AvgIpc) is 3.39. The molecular weight excluding hydrogens is 460 g/mol.